The van der Waals surface area contributed by atoms with Crippen LogP contribution in [0.1, 0.15) is 18.9 Å². The largest absolute Gasteiger partial charge is 0.496 e. The molecule has 0 radical (unpaired) electrons. The predicted octanol–water partition coefficient (Wildman–Crippen LogP) is 1.08. The van der Waals surface area contributed by atoms with E-state index >= 15 is 0 Å². The number of carbonyl (C=O) groups is 3. The number of halogens is 1. The Hall–Kier alpha value is -2.28. The lowest BCUT2D eigenvalue weighted by atomic mass is 10.1. The van der Waals surface area contributed by atoms with Gasteiger partial charge in [-0.3, -0.25) is 14.4 Å². The molecule has 0 unspecified atom stereocenters. The van der Waals surface area contributed by atoms with Crippen molar-refractivity contribution in [1.29, 1.82) is 0 Å². The molecule has 0 heterocycles. The molecule has 0 aliphatic heterocycles. The molecule has 0 atom stereocenters. The molecule has 0 bridgehead atoms. The van der Waals surface area contributed by atoms with Gasteiger partial charge in [0.05, 0.1) is 20.1 Å². The summed E-state index contributed by atoms with van der Waals surface area (Å²) in [6, 6.07) is 4.89. The van der Waals surface area contributed by atoms with E-state index in [2.05, 4.69) is 10.6 Å². The van der Waals surface area contributed by atoms with Crippen LogP contribution in [-0.2, 0) is 25.5 Å². The van der Waals surface area contributed by atoms with Crippen LogP contribution in [-0.4, -0.2) is 44.6 Å². The molecular formula is C16H21ClN2O5. The van der Waals surface area contributed by atoms with E-state index in [1.165, 1.54) is 7.11 Å². The monoisotopic (exact) mass is 356 g/mol. The molecule has 0 spiro atoms. The minimum atomic E-state index is -0.596. The molecule has 24 heavy (non-hydrogen) atoms. The Labute approximate surface area is 145 Å². The summed E-state index contributed by atoms with van der Waals surface area (Å²) in [5, 5.41) is 5.45. The third-order valence-corrected chi connectivity index (χ3v) is 3.19. The van der Waals surface area contributed by atoms with E-state index in [0.717, 1.165) is 6.42 Å². The highest BCUT2D eigenvalue weighted by Gasteiger charge is 2.13. The lowest BCUT2D eigenvalue weighted by molar-refractivity contribution is -0.148. The van der Waals surface area contributed by atoms with Crippen LogP contribution >= 0.6 is 11.6 Å². The zero-order valence-corrected chi connectivity index (χ0v) is 14.4. The van der Waals surface area contributed by atoms with Crippen molar-refractivity contribution in [3.8, 4) is 5.75 Å². The van der Waals surface area contributed by atoms with Gasteiger partial charge in [-0.1, -0.05) is 18.5 Å². The summed E-state index contributed by atoms with van der Waals surface area (Å²) in [5.41, 5.74) is 0.564. The van der Waals surface area contributed by atoms with Crippen molar-refractivity contribution in [2.75, 3.05) is 26.8 Å². The molecule has 1 rings (SSSR count). The molecule has 0 aliphatic carbocycles. The van der Waals surface area contributed by atoms with Crippen LogP contribution in [0.2, 0.25) is 5.02 Å². The van der Waals surface area contributed by atoms with Crippen LogP contribution < -0.4 is 15.4 Å². The summed E-state index contributed by atoms with van der Waals surface area (Å²) in [7, 11) is 1.48. The molecular weight excluding hydrogens is 336 g/mol. The van der Waals surface area contributed by atoms with Crippen LogP contribution in [0.3, 0.4) is 0 Å². The molecule has 132 valence electrons. The summed E-state index contributed by atoms with van der Waals surface area (Å²) in [6.45, 7) is 1.86. The minimum absolute atomic E-state index is 0.0754. The normalized spacial score (nSPS) is 9.96. The molecule has 0 saturated carbocycles. The van der Waals surface area contributed by atoms with Gasteiger partial charge in [-0.25, -0.2) is 0 Å². The van der Waals surface area contributed by atoms with Crippen molar-refractivity contribution in [1.82, 2.24) is 10.6 Å². The van der Waals surface area contributed by atoms with Gasteiger partial charge in [-0.05, 0) is 24.6 Å². The number of methoxy groups -OCH3 is 1. The van der Waals surface area contributed by atoms with Gasteiger partial charge in [0.25, 0.3) is 5.91 Å². The minimum Gasteiger partial charge on any atom is -0.496 e. The van der Waals surface area contributed by atoms with E-state index < -0.39 is 18.5 Å². The van der Waals surface area contributed by atoms with Gasteiger partial charge in [0.1, 0.15) is 5.75 Å². The van der Waals surface area contributed by atoms with Crippen LogP contribution in [0, 0.1) is 0 Å². The maximum absolute atomic E-state index is 11.8. The second-order valence-electron chi connectivity index (χ2n) is 4.92. The second-order valence-corrected chi connectivity index (χ2v) is 5.36. The van der Waals surface area contributed by atoms with Crippen LogP contribution in [0.25, 0.3) is 0 Å². The van der Waals surface area contributed by atoms with E-state index in [9.17, 15) is 14.4 Å². The van der Waals surface area contributed by atoms with Crippen molar-refractivity contribution in [3.63, 3.8) is 0 Å². The number of hydrogen-bond acceptors (Lipinski definition) is 5. The van der Waals surface area contributed by atoms with Gasteiger partial charge < -0.3 is 20.1 Å². The maximum Gasteiger partial charge on any atom is 0.310 e. The van der Waals surface area contributed by atoms with Gasteiger partial charge in [0.2, 0.25) is 5.91 Å². The first-order valence-corrected chi connectivity index (χ1v) is 7.85. The summed E-state index contributed by atoms with van der Waals surface area (Å²) in [5.74, 6) is -0.928. The first kappa shape index (κ1) is 19.8. The molecule has 0 aromatic heterocycles. The highest BCUT2D eigenvalue weighted by Crippen LogP contribution is 2.23. The highest BCUT2D eigenvalue weighted by atomic mass is 35.5. The first-order valence-electron chi connectivity index (χ1n) is 7.47. The number of benzene rings is 1. The van der Waals surface area contributed by atoms with E-state index in [-0.39, 0.29) is 18.9 Å². The van der Waals surface area contributed by atoms with Crippen LogP contribution in [0.4, 0.5) is 0 Å². The van der Waals surface area contributed by atoms with Gasteiger partial charge in [-0.15, -0.1) is 0 Å². The smallest absolute Gasteiger partial charge is 0.310 e. The van der Waals surface area contributed by atoms with Crippen molar-refractivity contribution in [2.45, 2.75) is 19.8 Å². The molecule has 1 aromatic rings. The van der Waals surface area contributed by atoms with E-state index in [1.807, 2.05) is 6.92 Å². The van der Waals surface area contributed by atoms with Crippen LogP contribution in [0.15, 0.2) is 18.2 Å². The zero-order valence-electron chi connectivity index (χ0n) is 13.7. The Morgan fingerprint density at radius 3 is 2.58 bits per heavy atom. The number of esters is 1. The second kappa shape index (κ2) is 10.5. The number of nitrogens with one attached hydrogen (secondary N) is 2. The molecule has 0 aliphatic rings. The molecule has 7 nitrogen and oxygen atoms in total. The number of ether oxygens (including phenoxy) is 2. The average Bonchev–Trinajstić information content (AvgIpc) is 2.56. The number of amides is 2. The Morgan fingerprint density at radius 2 is 1.92 bits per heavy atom. The van der Waals surface area contributed by atoms with E-state index in [0.29, 0.717) is 22.9 Å². The Bertz CT molecular complexity index is 592. The molecule has 8 heteroatoms. The standard InChI is InChI=1S/C16H21ClN2O5/c1-3-6-18-14(20)9-19-15(21)10-24-16(22)8-11-7-12(17)4-5-13(11)23-2/h4-5,7H,3,6,8-10H2,1-2H3,(H,18,20)(H,19,21). The Kier molecular flexibility index (Phi) is 8.64. The zero-order chi connectivity index (χ0) is 17.9. The number of rotatable bonds is 9. The van der Waals surface area contributed by atoms with E-state index in [4.69, 9.17) is 21.1 Å². The summed E-state index contributed by atoms with van der Waals surface area (Å²) in [4.78, 5) is 34.7. The Morgan fingerprint density at radius 1 is 1.17 bits per heavy atom. The number of hydrogen-bond donors (Lipinski definition) is 2. The first-order chi connectivity index (χ1) is 11.5. The van der Waals surface area contributed by atoms with Crippen molar-refractivity contribution < 1.29 is 23.9 Å². The topological polar surface area (TPSA) is 93.7 Å². The van der Waals surface area contributed by atoms with Gasteiger partial charge in [0, 0.05) is 17.1 Å². The summed E-state index contributed by atoms with van der Waals surface area (Å²) in [6.07, 6.45) is 0.734. The SMILES string of the molecule is CCCNC(=O)CNC(=O)COC(=O)Cc1cc(Cl)ccc1OC. The van der Waals surface area contributed by atoms with Gasteiger partial charge in [-0.2, -0.15) is 0 Å². The highest BCUT2D eigenvalue weighted by molar-refractivity contribution is 6.30. The third-order valence-electron chi connectivity index (χ3n) is 2.96. The molecule has 0 fully saturated rings. The quantitative estimate of drug-likeness (QED) is 0.646. The van der Waals surface area contributed by atoms with Gasteiger partial charge >= 0.3 is 5.97 Å². The number of carbonyl (C=O) groups excluding carboxylic acids is 3. The Balaban J connectivity index is 2.37. The van der Waals surface area contributed by atoms with Crippen molar-refractivity contribution in [3.05, 3.63) is 28.8 Å². The average molecular weight is 357 g/mol. The fourth-order valence-corrected chi connectivity index (χ4v) is 1.99. The molecule has 0 saturated heterocycles. The molecule has 2 N–H and O–H groups in total. The molecule has 1 aromatic carbocycles. The summed E-state index contributed by atoms with van der Waals surface area (Å²) >= 11 is 5.88. The maximum atomic E-state index is 11.8. The van der Waals surface area contributed by atoms with E-state index in [1.54, 1.807) is 18.2 Å². The molecule has 2 amide bonds. The fourth-order valence-electron chi connectivity index (χ4n) is 1.79. The van der Waals surface area contributed by atoms with Crippen molar-refractivity contribution in [2.24, 2.45) is 0 Å². The lowest BCUT2D eigenvalue weighted by Crippen LogP contribution is -2.39. The van der Waals surface area contributed by atoms with Crippen LogP contribution in [0.5, 0.6) is 5.75 Å². The summed E-state index contributed by atoms with van der Waals surface area (Å²) < 4.78 is 10.0. The lowest BCUT2D eigenvalue weighted by Gasteiger charge is -2.09. The fraction of sp³-hybridized carbons (Fsp3) is 0.438. The van der Waals surface area contributed by atoms with Crippen molar-refractivity contribution >= 4 is 29.4 Å². The predicted molar refractivity (Wildman–Crippen MR) is 89.0 cm³/mol. The third kappa shape index (κ3) is 7.32. The van der Waals surface area contributed by atoms with Gasteiger partial charge in [0.15, 0.2) is 6.61 Å².